The molecular weight excluding hydrogens is 349 g/mol. The summed E-state index contributed by atoms with van der Waals surface area (Å²) in [6.07, 6.45) is 0.319. The van der Waals surface area contributed by atoms with Gasteiger partial charge in [-0.25, -0.2) is 8.42 Å². The topological polar surface area (TPSA) is 46.2 Å². The molecule has 0 atom stereocenters. The highest BCUT2D eigenvalue weighted by Crippen LogP contribution is 2.15. The van der Waals surface area contributed by atoms with Crippen molar-refractivity contribution in [2.75, 3.05) is 0 Å². The van der Waals surface area contributed by atoms with Gasteiger partial charge in [-0.1, -0.05) is 47.6 Å². The second kappa shape index (κ2) is 6.75. The minimum absolute atomic E-state index is 0.116. The van der Waals surface area contributed by atoms with Gasteiger partial charge in [-0.05, 0) is 42.0 Å². The highest BCUT2D eigenvalue weighted by Gasteiger charge is 2.15. The van der Waals surface area contributed by atoms with Gasteiger partial charge in [0.2, 0.25) is 0 Å². The molecule has 0 amide bonds. The Morgan fingerprint density at radius 3 is 1.95 bits per heavy atom. The van der Waals surface area contributed by atoms with Crippen LogP contribution in [0.5, 0.6) is 0 Å². The second-order valence-corrected chi connectivity index (χ2v) is 7.33. The summed E-state index contributed by atoms with van der Waals surface area (Å²) < 4.78 is 26.7. The molecule has 0 bridgehead atoms. The van der Waals surface area contributed by atoms with Crippen LogP contribution >= 0.6 is 35.4 Å². The molecule has 0 aromatic heterocycles. The van der Waals surface area contributed by atoms with Gasteiger partial charge in [0, 0.05) is 16.5 Å². The van der Waals surface area contributed by atoms with E-state index < -0.39 is 10.0 Å². The Bertz CT molecular complexity index is 742. The highest BCUT2D eigenvalue weighted by atomic mass is 35.5. The highest BCUT2D eigenvalue weighted by molar-refractivity contribution is 7.91. The molecular formula is C14H11Cl2NO2S2. The van der Waals surface area contributed by atoms with Gasteiger partial charge in [0.25, 0.3) is 10.0 Å². The van der Waals surface area contributed by atoms with Crippen LogP contribution < -0.4 is 4.72 Å². The fourth-order valence-corrected chi connectivity index (χ4v) is 3.38. The Kier molecular flexibility index (Phi) is 5.22. The van der Waals surface area contributed by atoms with Gasteiger partial charge in [0.05, 0.1) is 9.88 Å². The maximum atomic E-state index is 12.1. The van der Waals surface area contributed by atoms with Crippen LogP contribution in [0.4, 0.5) is 0 Å². The summed E-state index contributed by atoms with van der Waals surface area (Å²) >= 11 is 16.6. The molecule has 0 fully saturated rings. The lowest BCUT2D eigenvalue weighted by molar-refractivity contribution is 0.592. The monoisotopic (exact) mass is 359 g/mol. The van der Waals surface area contributed by atoms with Crippen molar-refractivity contribution in [1.29, 1.82) is 0 Å². The maximum absolute atomic E-state index is 12.1. The van der Waals surface area contributed by atoms with E-state index in [2.05, 4.69) is 4.72 Å². The molecule has 0 spiro atoms. The first-order valence-electron chi connectivity index (χ1n) is 5.92. The van der Waals surface area contributed by atoms with Crippen LogP contribution in [0.25, 0.3) is 0 Å². The zero-order chi connectivity index (χ0) is 15.5. The van der Waals surface area contributed by atoms with Crippen molar-refractivity contribution in [2.45, 2.75) is 11.3 Å². The Morgan fingerprint density at radius 1 is 0.952 bits per heavy atom. The fraction of sp³-hybridized carbons (Fsp3) is 0.0714. The van der Waals surface area contributed by atoms with Crippen LogP contribution in [0.2, 0.25) is 10.0 Å². The van der Waals surface area contributed by atoms with Crippen LogP contribution in [0.1, 0.15) is 5.56 Å². The quantitative estimate of drug-likeness (QED) is 0.843. The van der Waals surface area contributed by atoms with Crippen LogP contribution in [0.15, 0.2) is 53.4 Å². The van der Waals surface area contributed by atoms with Gasteiger partial charge in [-0.2, -0.15) is 0 Å². The van der Waals surface area contributed by atoms with Crippen molar-refractivity contribution in [1.82, 2.24) is 4.72 Å². The molecule has 0 saturated carbocycles. The number of rotatable bonds is 4. The van der Waals surface area contributed by atoms with E-state index in [9.17, 15) is 8.42 Å². The molecule has 0 aliphatic rings. The largest absolute Gasteiger partial charge is 0.273 e. The molecule has 0 saturated heterocycles. The van der Waals surface area contributed by atoms with Gasteiger partial charge in [0.1, 0.15) is 0 Å². The number of nitrogens with one attached hydrogen (secondary N) is 1. The number of halogens is 2. The van der Waals surface area contributed by atoms with E-state index in [-0.39, 0.29) is 9.88 Å². The van der Waals surface area contributed by atoms with Crippen molar-refractivity contribution in [2.24, 2.45) is 0 Å². The number of hydrogen-bond donors (Lipinski definition) is 1. The summed E-state index contributed by atoms with van der Waals surface area (Å²) in [5, 5.41) is 1.09. The third-order valence-electron chi connectivity index (χ3n) is 2.65. The number of thiocarbonyl (C=S) groups is 1. The van der Waals surface area contributed by atoms with Crippen molar-refractivity contribution in [3.63, 3.8) is 0 Å². The third kappa shape index (κ3) is 4.68. The number of hydrogen-bond acceptors (Lipinski definition) is 3. The van der Waals surface area contributed by atoms with E-state index >= 15 is 0 Å². The minimum Gasteiger partial charge on any atom is -0.273 e. The number of sulfonamides is 1. The van der Waals surface area contributed by atoms with Crippen molar-refractivity contribution < 1.29 is 8.42 Å². The van der Waals surface area contributed by atoms with Gasteiger partial charge in [-0.15, -0.1) is 0 Å². The SMILES string of the molecule is O=S(=O)(NC(=S)Cc1ccc(Cl)cc1)c1ccc(Cl)cc1. The average Bonchev–Trinajstić information content (AvgIpc) is 2.41. The van der Waals surface area contributed by atoms with Crippen molar-refractivity contribution >= 4 is 50.4 Å². The molecule has 0 heterocycles. The Labute approximate surface area is 138 Å². The first kappa shape index (κ1) is 16.2. The van der Waals surface area contributed by atoms with E-state index in [0.29, 0.717) is 16.5 Å². The maximum Gasteiger partial charge on any atom is 0.262 e. The van der Waals surface area contributed by atoms with Gasteiger partial charge >= 0.3 is 0 Å². The summed E-state index contributed by atoms with van der Waals surface area (Å²) in [6, 6.07) is 12.9. The predicted molar refractivity (Wildman–Crippen MR) is 89.5 cm³/mol. The van der Waals surface area contributed by atoms with Crippen molar-refractivity contribution in [3.05, 3.63) is 64.1 Å². The number of benzene rings is 2. The molecule has 7 heteroatoms. The van der Waals surface area contributed by atoms with Gasteiger partial charge in [-0.3, -0.25) is 4.72 Å². The summed E-state index contributed by atoms with van der Waals surface area (Å²) in [5.41, 5.74) is 0.878. The van der Waals surface area contributed by atoms with Gasteiger partial charge in [0.15, 0.2) is 0 Å². The molecule has 0 radical (unpaired) electrons. The van der Waals surface area contributed by atoms with Crippen LogP contribution in [0.3, 0.4) is 0 Å². The predicted octanol–water partition coefficient (Wildman–Crippen LogP) is 3.84. The lowest BCUT2D eigenvalue weighted by Crippen LogP contribution is -2.30. The van der Waals surface area contributed by atoms with E-state index in [1.165, 1.54) is 24.3 Å². The lowest BCUT2D eigenvalue weighted by atomic mass is 10.1. The third-order valence-corrected chi connectivity index (χ3v) is 4.94. The molecule has 2 rings (SSSR count). The zero-order valence-electron chi connectivity index (χ0n) is 10.7. The lowest BCUT2D eigenvalue weighted by Gasteiger charge is -2.09. The smallest absolute Gasteiger partial charge is 0.262 e. The normalized spacial score (nSPS) is 11.1. The standard InChI is InChI=1S/C14H11Cl2NO2S2/c15-11-3-1-10(2-4-11)9-14(20)17-21(18,19)13-7-5-12(16)6-8-13/h1-8H,9H2,(H,17,20). The molecule has 1 N–H and O–H groups in total. The van der Waals surface area contributed by atoms with Gasteiger partial charge < -0.3 is 0 Å². The van der Waals surface area contributed by atoms with Crippen LogP contribution in [-0.4, -0.2) is 13.4 Å². The fourth-order valence-electron chi connectivity index (χ4n) is 1.65. The van der Waals surface area contributed by atoms with E-state index in [1.54, 1.807) is 24.3 Å². The van der Waals surface area contributed by atoms with E-state index in [1.807, 2.05) is 0 Å². The second-order valence-electron chi connectivity index (χ2n) is 4.29. The van der Waals surface area contributed by atoms with E-state index in [4.69, 9.17) is 35.4 Å². The summed E-state index contributed by atoms with van der Waals surface area (Å²) in [6.45, 7) is 0. The Hall–Kier alpha value is -1.14. The first-order chi connectivity index (χ1) is 9.87. The molecule has 110 valence electrons. The molecule has 0 unspecified atom stereocenters. The molecule has 0 aliphatic carbocycles. The van der Waals surface area contributed by atoms with E-state index in [0.717, 1.165) is 5.56 Å². The average molecular weight is 360 g/mol. The molecule has 0 aliphatic heterocycles. The summed E-state index contributed by atoms with van der Waals surface area (Å²) in [7, 11) is -3.68. The Balaban J connectivity index is 2.07. The van der Waals surface area contributed by atoms with Crippen LogP contribution in [0, 0.1) is 0 Å². The first-order valence-corrected chi connectivity index (χ1v) is 8.57. The molecule has 21 heavy (non-hydrogen) atoms. The van der Waals surface area contributed by atoms with Crippen LogP contribution in [-0.2, 0) is 16.4 Å². The molecule has 2 aromatic carbocycles. The minimum atomic E-state index is -3.68. The Morgan fingerprint density at radius 2 is 1.43 bits per heavy atom. The summed E-state index contributed by atoms with van der Waals surface area (Å²) in [5.74, 6) is 0. The zero-order valence-corrected chi connectivity index (χ0v) is 13.9. The summed E-state index contributed by atoms with van der Waals surface area (Å²) in [4.78, 5) is 0.331. The van der Waals surface area contributed by atoms with Crippen molar-refractivity contribution in [3.8, 4) is 0 Å². The molecule has 3 nitrogen and oxygen atoms in total. The molecule has 2 aromatic rings.